The van der Waals surface area contributed by atoms with Crippen LogP contribution >= 0.6 is 0 Å². The van der Waals surface area contributed by atoms with Crippen molar-refractivity contribution < 1.29 is 0 Å². The fourth-order valence-electron chi connectivity index (χ4n) is 19.8. The monoisotopic (exact) mass is 1110 g/mol. The third-order valence-electron chi connectivity index (χ3n) is 25.6. The predicted molar refractivity (Wildman–Crippen MR) is 363 cm³/mol. The van der Waals surface area contributed by atoms with Gasteiger partial charge in [0.05, 0.1) is 16.6 Å². The molecule has 6 atom stereocenters. The van der Waals surface area contributed by atoms with Gasteiger partial charge in [0.2, 0.25) is 0 Å². The summed E-state index contributed by atoms with van der Waals surface area (Å²) in [5.74, 6) is 0. The van der Waals surface area contributed by atoms with Crippen molar-refractivity contribution in [2.24, 2.45) is 0 Å². The number of hydrogen-bond donors (Lipinski definition) is 0. The smallest absolute Gasteiger partial charge is 0.0518 e. The molecule has 3 heterocycles. The fraction of sp³-hybridized carbons (Fsp3) is 0.366. The molecule has 3 aliphatic carbocycles. The predicted octanol–water partition coefficient (Wildman–Crippen LogP) is 22.7. The van der Waals surface area contributed by atoms with Crippen LogP contribution in [-0.4, -0.2) is 16.6 Å². The third-order valence-corrected chi connectivity index (χ3v) is 25.6. The van der Waals surface area contributed by atoms with E-state index in [-0.39, 0.29) is 32.9 Å². The Morgan fingerprint density at radius 3 is 0.953 bits per heavy atom. The van der Waals surface area contributed by atoms with Gasteiger partial charge in [-0.15, -0.1) is 0 Å². The Labute approximate surface area is 506 Å². The van der Waals surface area contributed by atoms with Gasteiger partial charge in [-0.3, -0.25) is 0 Å². The van der Waals surface area contributed by atoms with E-state index in [2.05, 4.69) is 249 Å². The molecule has 0 N–H and O–H groups in total. The molecule has 0 aromatic heterocycles. The molecule has 0 amide bonds. The Hall–Kier alpha value is -7.36. The number of rotatable bonds is 6. The van der Waals surface area contributed by atoms with E-state index in [1.807, 2.05) is 0 Å². The van der Waals surface area contributed by atoms with Gasteiger partial charge in [0, 0.05) is 50.4 Å². The van der Waals surface area contributed by atoms with Gasteiger partial charge >= 0.3 is 0 Å². The second-order valence-corrected chi connectivity index (χ2v) is 29.0. The molecule has 3 fully saturated rings. The van der Waals surface area contributed by atoms with Gasteiger partial charge in [-0.2, -0.15) is 0 Å². The van der Waals surface area contributed by atoms with Gasteiger partial charge in [0.15, 0.2) is 0 Å². The van der Waals surface area contributed by atoms with Gasteiger partial charge in [0.25, 0.3) is 0 Å². The van der Waals surface area contributed by atoms with Gasteiger partial charge in [0.1, 0.15) is 0 Å². The van der Waals surface area contributed by atoms with Crippen molar-refractivity contribution in [3.63, 3.8) is 0 Å². The van der Waals surface area contributed by atoms with Crippen LogP contribution in [0, 0.1) is 41.5 Å². The highest BCUT2D eigenvalue weighted by atomic mass is 15.3. The lowest BCUT2D eigenvalue weighted by molar-refractivity contribution is 0.195. The molecule has 10 aromatic rings. The molecule has 3 saturated carbocycles. The molecule has 3 aliphatic heterocycles. The number of benzene rings is 10. The maximum atomic E-state index is 2.79. The van der Waals surface area contributed by atoms with E-state index in [9.17, 15) is 0 Å². The minimum Gasteiger partial charge on any atom is -0.334 e. The molecule has 0 saturated heterocycles. The zero-order chi connectivity index (χ0) is 58.5. The number of para-hydroxylation sites is 3. The van der Waals surface area contributed by atoms with Crippen molar-refractivity contribution in [1.82, 2.24) is 0 Å². The van der Waals surface area contributed by atoms with Crippen molar-refractivity contribution in [2.75, 3.05) is 14.7 Å². The first-order valence-electron chi connectivity index (χ1n) is 32.7. The fourth-order valence-corrected chi connectivity index (χ4v) is 19.8. The van der Waals surface area contributed by atoms with Crippen LogP contribution in [0.2, 0.25) is 0 Å². The Balaban J connectivity index is 0.986. The van der Waals surface area contributed by atoms with E-state index in [0.29, 0.717) is 0 Å². The van der Waals surface area contributed by atoms with Crippen LogP contribution in [0.1, 0.15) is 169 Å². The first-order valence-corrected chi connectivity index (χ1v) is 32.7. The number of fused-ring (bicyclic) bond motifs is 9. The summed E-state index contributed by atoms with van der Waals surface area (Å²) in [5, 5.41) is 8.17. The topological polar surface area (TPSA) is 9.72 Å². The normalized spacial score (nSPS) is 26.7. The van der Waals surface area contributed by atoms with Crippen molar-refractivity contribution in [1.29, 1.82) is 0 Å². The molecule has 0 radical (unpaired) electrons. The summed E-state index contributed by atoms with van der Waals surface area (Å²) >= 11 is 0. The van der Waals surface area contributed by atoms with Crippen LogP contribution in [0.3, 0.4) is 0 Å². The van der Waals surface area contributed by atoms with Crippen molar-refractivity contribution in [3.8, 4) is 33.4 Å². The summed E-state index contributed by atoms with van der Waals surface area (Å²) in [4.78, 5) is 8.35. The van der Waals surface area contributed by atoms with Crippen molar-refractivity contribution in [2.45, 2.75) is 193 Å². The standard InChI is InChI=1S/C82H85N3/c1-50-53(4)74-69(77(7)40-22-25-43-80(77,10)83(74)57-28-16-13-17-29-57)47-64(50)60-36-34-56-35-37-62-67(65-48-70-75(54(5)51(65)2)84(58-30-18-14-19-31-58)81(11)44-26-23-41-78(70,81)8)46-68(63-39-38-61(60)72(56)73(62)63)66-49-71-76(55(6)52(66)3)85(59-32-20-15-21-33-59)82(12)45-27-24-42-79(71,82)9/h13-21,28-39,46-49H,22-27,40-45H2,1-12H3. The van der Waals surface area contributed by atoms with Crippen molar-refractivity contribution in [3.05, 3.63) is 202 Å². The molecule has 3 nitrogen and oxygen atoms in total. The minimum atomic E-state index is -0.0493. The van der Waals surface area contributed by atoms with Gasteiger partial charge in [-0.1, -0.05) is 150 Å². The maximum Gasteiger partial charge on any atom is 0.0518 e. The molecule has 85 heavy (non-hydrogen) atoms. The zero-order valence-electron chi connectivity index (χ0n) is 52.8. The van der Waals surface area contributed by atoms with Gasteiger partial charge < -0.3 is 14.7 Å². The largest absolute Gasteiger partial charge is 0.334 e. The quantitative estimate of drug-likeness (QED) is 0.154. The summed E-state index contributed by atoms with van der Waals surface area (Å²) in [6.45, 7) is 30.2. The van der Waals surface area contributed by atoms with Crippen LogP contribution in [0.15, 0.2) is 152 Å². The van der Waals surface area contributed by atoms with E-state index in [1.54, 1.807) is 0 Å². The lowest BCUT2D eigenvalue weighted by Crippen LogP contribution is -2.54. The first kappa shape index (κ1) is 53.1. The molecule has 6 aliphatic rings. The highest BCUT2D eigenvalue weighted by molar-refractivity contribution is 6.30. The highest BCUT2D eigenvalue weighted by Gasteiger charge is 2.61. The molecule has 16 rings (SSSR count). The van der Waals surface area contributed by atoms with E-state index in [4.69, 9.17) is 0 Å². The van der Waals surface area contributed by atoms with Crippen molar-refractivity contribution >= 4 is 66.4 Å². The summed E-state index contributed by atoms with van der Waals surface area (Å²) in [5.41, 5.74) is 29.3. The summed E-state index contributed by atoms with van der Waals surface area (Å²) in [6.07, 6.45) is 14.6. The Bertz CT molecular complexity index is 4280. The third kappa shape index (κ3) is 6.64. The molecule has 428 valence electrons. The molecular weight excluding hydrogens is 1030 g/mol. The molecule has 0 bridgehead atoms. The van der Waals surface area contributed by atoms with Gasteiger partial charge in [-0.25, -0.2) is 0 Å². The van der Waals surface area contributed by atoms with Crippen LogP contribution < -0.4 is 14.7 Å². The number of hydrogen-bond acceptors (Lipinski definition) is 3. The molecule has 10 aromatic carbocycles. The second kappa shape index (κ2) is 18.1. The summed E-state index contributed by atoms with van der Waals surface area (Å²) in [6, 6.07) is 59.8. The first-order chi connectivity index (χ1) is 40.9. The highest BCUT2D eigenvalue weighted by Crippen LogP contribution is 2.67. The Kier molecular flexibility index (Phi) is 11.3. The van der Waals surface area contributed by atoms with E-state index >= 15 is 0 Å². The molecular formula is C82H85N3. The van der Waals surface area contributed by atoms with Crippen LogP contribution in [0.4, 0.5) is 34.1 Å². The van der Waals surface area contributed by atoms with E-state index < -0.39 is 0 Å². The molecule has 3 heteroatoms. The van der Waals surface area contributed by atoms with E-state index in [0.717, 1.165) is 0 Å². The van der Waals surface area contributed by atoms with Crippen LogP contribution in [-0.2, 0) is 16.2 Å². The lowest BCUT2D eigenvalue weighted by atomic mass is 9.61. The second-order valence-electron chi connectivity index (χ2n) is 29.0. The minimum absolute atomic E-state index is 0.00342. The number of anilines is 6. The average molecular weight is 1110 g/mol. The molecule has 0 spiro atoms. The SMILES string of the molecule is Cc1c(-c2ccc3ccc4c(-c5cc6c(c(C)c5C)N(c5ccccc5)C5(C)CCCCC65C)cc(-c5cc6c(c(C)c5C)N(c5ccccc5)C5(C)CCCCC65C)c5ccc2c3c45)cc2c(c1C)N(c1ccccc1)C1(C)CCCCC21C. The summed E-state index contributed by atoms with van der Waals surface area (Å²) in [7, 11) is 0. The Morgan fingerprint density at radius 2 is 0.588 bits per heavy atom. The van der Waals surface area contributed by atoms with Gasteiger partial charge in [-0.05, 0) is 277 Å². The van der Waals surface area contributed by atoms with E-state index in [1.165, 1.54) is 227 Å². The van der Waals surface area contributed by atoms with Crippen LogP contribution in [0.5, 0.6) is 0 Å². The average Bonchev–Trinajstić information content (AvgIpc) is 1.66. The zero-order valence-corrected chi connectivity index (χ0v) is 52.8. The maximum absolute atomic E-state index is 2.79. The summed E-state index contributed by atoms with van der Waals surface area (Å²) < 4.78 is 0. The van der Waals surface area contributed by atoms with Crippen LogP contribution in [0.25, 0.3) is 65.7 Å². The molecule has 6 unspecified atom stereocenters. The lowest BCUT2D eigenvalue weighted by Gasteiger charge is -2.50. The number of nitrogens with zero attached hydrogens (tertiary/aromatic N) is 3. The Morgan fingerprint density at radius 1 is 0.282 bits per heavy atom.